The molecule has 17 heteroatoms. The van der Waals surface area contributed by atoms with E-state index in [2.05, 4.69) is 141 Å². The molecule has 12 nitrogen and oxygen atoms in total. The van der Waals surface area contributed by atoms with E-state index in [1.807, 2.05) is 142 Å². The van der Waals surface area contributed by atoms with Crippen molar-refractivity contribution >= 4 is 139 Å². The van der Waals surface area contributed by atoms with Crippen molar-refractivity contribution in [2.24, 2.45) is 0 Å². The van der Waals surface area contributed by atoms with Gasteiger partial charge in [0.1, 0.15) is 0 Å². The number of methoxy groups -OCH3 is 8. The van der Waals surface area contributed by atoms with Crippen molar-refractivity contribution in [3.05, 3.63) is 218 Å². The number of nitrogens with zero attached hydrogens (tertiary/aromatic N) is 4. The topological polar surface area (TPSA) is 86.8 Å². The van der Waals surface area contributed by atoms with E-state index in [-0.39, 0.29) is 0 Å². The third-order valence-electron chi connectivity index (χ3n) is 16.4. The summed E-state index contributed by atoms with van der Waals surface area (Å²) in [6, 6.07) is 76.8. The predicted octanol–water partition coefficient (Wildman–Crippen LogP) is 18.2. The molecule has 6 heterocycles. The predicted molar refractivity (Wildman–Crippen MR) is 373 cm³/mol. The molecule has 12 aromatic rings. The molecule has 4 aromatic heterocycles. The van der Waals surface area contributed by atoms with E-state index < -0.39 is 7.26 Å². The average molecular weight is 1270 g/mol. The molecule has 0 atom stereocenters. The Morgan fingerprint density at radius 2 is 0.348 bits per heavy atom. The van der Waals surface area contributed by atoms with Gasteiger partial charge in [-0.3, -0.25) is 0 Å². The fourth-order valence-electron chi connectivity index (χ4n) is 12.1. The number of ether oxygens (including phenoxy) is 8. The van der Waals surface area contributed by atoms with Crippen LogP contribution < -0.4 is 78.7 Å². The van der Waals surface area contributed by atoms with Crippen molar-refractivity contribution in [3.63, 3.8) is 0 Å². The molecular weight excluding hydrogens is 1210 g/mol. The Labute approximate surface area is 534 Å². The van der Waals surface area contributed by atoms with Gasteiger partial charge in [0.25, 0.3) is 0 Å². The van der Waals surface area contributed by atoms with E-state index in [4.69, 9.17) is 37.9 Å². The van der Waals surface area contributed by atoms with Crippen LogP contribution >= 0.6 is 52.6 Å². The SMILES string of the molecule is COc1ccc(N(c2ccc(OC)cc2)c2cc3c(s2)-c2sc(N(c4ccc(OC)cc4)c4ccc(OC)cc4)cc2[PH]32c3cc(N(c4ccc(OC)cc4)c4ccc(OC)cc4)sc3-c3sc(N(c4ccc(OC)cc4)c4ccc(OC)cc4)cc32)cc1. The summed E-state index contributed by atoms with van der Waals surface area (Å²) in [5, 5.41) is 9.68. The van der Waals surface area contributed by atoms with Crippen molar-refractivity contribution in [1.29, 1.82) is 0 Å². The van der Waals surface area contributed by atoms with Crippen LogP contribution in [-0.2, 0) is 0 Å². The minimum atomic E-state index is -3.40. The molecule has 0 radical (unpaired) electrons. The Kier molecular flexibility index (Phi) is 15.4. The van der Waals surface area contributed by atoms with Crippen LogP contribution in [-0.4, -0.2) is 56.9 Å². The van der Waals surface area contributed by atoms with Crippen molar-refractivity contribution in [2.45, 2.75) is 0 Å². The first kappa shape index (κ1) is 57.3. The summed E-state index contributed by atoms with van der Waals surface area (Å²) in [5.41, 5.74) is 7.97. The molecular formula is C72H61N4O8PS4. The molecule has 0 saturated heterocycles. The van der Waals surface area contributed by atoms with Crippen LogP contribution in [0.5, 0.6) is 46.0 Å². The number of benzene rings is 8. The molecule has 0 saturated carbocycles. The van der Waals surface area contributed by atoms with Crippen molar-refractivity contribution in [3.8, 4) is 65.5 Å². The molecule has 0 N–H and O–H groups in total. The van der Waals surface area contributed by atoms with E-state index in [1.165, 1.54) is 40.7 Å². The van der Waals surface area contributed by atoms with Gasteiger partial charge in [-0.1, -0.05) is 0 Å². The van der Waals surface area contributed by atoms with Crippen molar-refractivity contribution in [1.82, 2.24) is 0 Å². The molecule has 89 heavy (non-hydrogen) atoms. The molecule has 14 rings (SSSR count). The van der Waals surface area contributed by atoms with Gasteiger partial charge in [0.05, 0.1) is 0 Å². The molecule has 1 spiro atoms. The maximum atomic E-state index is 5.74. The quantitative estimate of drug-likeness (QED) is 0.0681. The van der Waals surface area contributed by atoms with Crippen LogP contribution in [0.15, 0.2) is 218 Å². The second-order valence-electron chi connectivity index (χ2n) is 21.0. The van der Waals surface area contributed by atoms with E-state index in [9.17, 15) is 0 Å². The van der Waals surface area contributed by atoms with Gasteiger partial charge in [0.15, 0.2) is 0 Å². The second kappa shape index (κ2) is 23.9. The van der Waals surface area contributed by atoms with Gasteiger partial charge in [0.2, 0.25) is 0 Å². The molecule has 0 fully saturated rings. The van der Waals surface area contributed by atoms with Gasteiger partial charge < -0.3 is 0 Å². The maximum absolute atomic E-state index is 5.74. The molecule has 0 amide bonds. The van der Waals surface area contributed by atoms with E-state index >= 15 is 0 Å². The molecule has 8 aromatic carbocycles. The Morgan fingerprint density at radius 1 is 0.213 bits per heavy atom. The average Bonchev–Trinajstić information content (AvgIpc) is 1.49. The van der Waals surface area contributed by atoms with E-state index in [0.29, 0.717) is 0 Å². The summed E-state index contributed by atoms with van der Waals surface area (Å²) >= 11 is 7.37. The number of rotatable bonds is 20. The summed E-state index contributed by atoms with van der Waals surface area (Å²) in [5.74, 6) is 6.23. The zero-order valence-electron chi connectivity index (χ0n) is 50.0. The van der Waals surface area contributed by atoms with Crippen molar-refractivity contribution < 1.29 is 37.9 Å². The zero-order valence-corrected chi connectivity index (χ0v) is 54.2. The molecule has 0 unspecified atom stereocenters. The third-order valence-corrected chi connectivity index (χ3v) is 26.8. The Bertz CT molecular complexity index is 3710. The normalized spacial score (nSPS) is 12.5. The van der Waals surface area contributed by atoms with Gasteiger partial charge in [-0.15, -0.1) is 0 Å². The fraction of sp³-hybridized carbons (Fsp3) is 0.111. The number of thiophene rings is 4. The van der Waals surface area contributed by atoms with Crippen LogP contribution in [0.2, 0.25) is 0 Å². The van der Waals surface area contributed by atoms with E-state index in [0.717, 1.165) is 111 Å². The Morgan fingerprint density at radius 3 is 0.472 bits per heavy atom. The number of hydrogen-bond acceptors (Lipinski definition) is 16. The summed E-state index contributed by atoms with van der Waals surface area (Å²) in [6.07, 6.45) is 0. The summed E-state index contributed by atoms with van der Waals surface area (Å²) in [6.45, 7) is 0. The van der Waals surface area contributed by atoms with E-state index in [1.54, 1.807) is 56.9 Å². The standard InChI is InChI=1S/C72H61N4O8PS4/c1-77-53-25-9-45(10-26-53)73(46-11-27-54(78-2)28-12-46)65-41-61-69(86-65)70-62(42-66(87-70)74(47-13-29-55(79-3)30-14-47)48-15-31-56(80-4)32-16-48)85(61)63-43-67(75(49-17-33-57(81-5)34-18-49)50-19-35-58(82-6)36-20-50)88-71(63)72-64(85)44-68(89-72)76(51-21-37-59(83-7)38-22-51)52-23-39-60(84-8)40-24-52/h9-44,85H,1-8H3. The van der Waals surface area contributed by atoms with Gasteiger partial charge in [-0.05, 0) is 0 Å². The van der Waals surface area contributed by atoms with Gasteiger partial charge in [-0.25, -0.2) is 0 Å². The monoisotopic (exact) mass is 1270 g/mol. The number of fused-ring (bicyclic) bond motifs is 10. The second-order valence-corrected chi connectivity index (χ2v) is 28.8. The minimum absolute atomic E-state index is 0.779. The summed E-state index contributed by atoms with van der Waals surface area (Å²) in [4.78, 5) is 14.5. The first-order chi connectivity index (χ1) is 43.7. The zero-order chi connectivity index (χ0) is 60.9. The van der Waals surface area contributed by atoms with Crippen LogP contribution in [0, 0.1) is 0 Å². The van der Waals surface area contributed by atoms with Crippen LogP contribution in [0.3, 0.4) is 0 Å². The molecule has 0 aliphatic carbocycles. The van der Waals surface area contributed by atoms with Crippen molar-refractivity contribution in [2.75, 3.05) is 76.5 Å². The summed E-state index contributed by atoms with van der Waals surface area (Å²) < 4.78 is 45.9. The number of anilines is 12. The number of hydrogen-bond donors (Lipinski definition) is 0. The van der Waals surface area contributed by atoms with Crippen LogP contribution in [0.1, 0.15) is 0 Å². The molecule has 2 aliphatic rings. The third kappa shape index (κ3) is 10.0. The Balaban J connectivity index is 1.07. The fourth-order valence-corrected chi connectivity index (χ4v) is 25.1. The summed E-state index contributed by atoms with van der Waals surface area (Å²) in [7, 11) is 10.2. The molecule has 446 valence electrons. The first-order valence-corrected chi connectivity index (χ1v) is 33.9. The molecule has 2 aliphatic heterocycles. The first-order valence-electron chi connectivity index (χ1n) is 28.6. The van der Waals surface area contributed by atoms with Crippen LogP contribution in [0.25, 0.3) is 19.5 Å². The molecule has 0 bridgehead atoms. The van der Waals surface area contributed by atoms with Crippen LogP contribution in [0.4, 0.5) is 65.5 Å². The van der Waals surface area contributed by atoms with Gasteiger partial charge >= 0.3 is 538 Å². The van der Waals surface area contributed by atoms with Gasteiger partial charge in [-0.2, -0.15) is 0 Å². The van der Waals surface area contributed by atoms with Gasteiger partial charge in [0, 0.05) is 0 Å². The Hall–Kier alpha value is -9.41.